The van der Waals surface area contributed by atoms with Gasteiger partial charge in [-0.05, 0) is 29.9 Å². The number of anilines is 1. The number of methoxy groups -OCH3 is 1. The molecule has 1 saturated carbocycles. The van der Waals surface area contributed by atoms with E-state index in [2.05, 4.69) is 28.9 Å². The number of nitrogens with zero attached hydrogens (tertiary/aromatic N) is 1. The molecule has 1 aromatic rings. The molecular weight excluding hydrogens is 216 g/mol. The second-order valence-corrected chi connectivity index (χ2v) is 5.19. The Bertz CT molecular complexity index is 429. The molecule has 4 heteroatoms. The van der Waals surface area contributed by atoms with Crippen LogP contribution in [0.5, 0.6) is 0 Å². The Morgan fingerprint density at radius 3 is 2.94 bits per heavy atom. The molecule has 2 rings (SSSR count). The molecule has 1 aromatic heterocycles. The maximum absolute atomic E-state index is 11.3. The first kappa shape index (κ1) is 11.9. The maximum atomic E-state index is 11.3. The molecule has 17 heavy (non-hydrogen) atoms. The first-order valence-electron chi connectivity index (χ1n) is 5.81. The molecular formula is C13H18N2O2. The van der Waals surface area contributed by atoms with Crippen molar-refractivity contribution in [2.45, 2.75) is 20.3 Å². The largest absolute Gasteiger partial charge is 0.465 e. The molecule has 1 atom stereocenters. The minimum atomic E-state index is -0.331. The SMILES string of the molecule is COC(=O)c1ccnc(NCC2CC2(C)C)c1. The maximum Gasteiger partial charge on any atom is 0.338 e. The lowest BCUT2D eigenvalue weighted by Gasteiger charge is -2.07. The first-order chi connectivity index (χ1) is 8.03. The monoisotopic (exact) mass is 234 g/mol. The quantitative estimate of drug-likeness (QED) is 0.812. The topological polar surface area (TPSA) is 51.2 Å². The van der Waals surface area contributed by atoms with E-state index in [-0.39, 0.29) is 5.97 Å². The molecule has 1 unspecified atom stereocenters. The van der Waals surface area contributed by atoms with Crippen LogP contribution in [0.25, 0.3) is 0 Å². The molecule has 92 valence electrons. The van der Waals surface area contributed by atoms with E-state index in [4.69, 9.17) is 0 Å². The van der Waals surface area contributed by atoms with Gasteiger partial charge in [0.1, 0.15) is 5.82 Å². The average Bonchev–Trinajstić information content (AvgIpc) is 2.94. The fourth-order valence-electron chi connectivity index (χ4n) is 1.92. The van der Waals surface area contributed by atoms with Crippen LogP contribution >= 0.6 is 0 Å². The highest BCUT2D eigenvalue weighted by molar-refractivity contribution is 5.89. The van der Waals surface area contributed by atoms with E-state index in [1.165, 1.54) is 13.5 Å². The van der Waals surface area contributed by atoms with Gasteiger partial charge in [0.05, 0.1) is 12.7 Å². The van der Waals surface area contributed by atoms with Crippen molar-refractivity contribution >= 4 is 11.8 Å². The Hall–Kier alpha value is -1.58. The van der Waals surface area contributed by atoms with Crippen LogP contribution in [0, 0.1) is 11.3 Å². The van der Waals surface area contributed by atoms with Crippen LogP contribution in [0.1, 0.15) is 30.6 Å². The standard InChI is InChI=1S/C13H18N2O2/c1-13(2)7-10(13)8-15-11-6-9(4-5-14-11)12(16)17-3/h4-6,10H,7-8H2,1-3H3,(H,14,15). The third kappa shape index (κ3) is 2.75. The number of nitrogens with one attached hydrogen (secondary N) is 1. The van der Waals surface area contributed by atoms with E-state index in [9.17, 15) is 4.79 Å². The molecule has 0 aliphatic heterocycles. The summed E-state index contributed by atoms with van der Waals surface area (Å²) < 4.78 is 4.67. The number of carbonyl (C=O) groups excluding carboxylic acids is 1. The van der Waals surface area contributed by atoms with Crippen LogP contribution in [0.4, 0.5) is 5.82 Å². The van der Waals surface area contributed by atoms with Crippen molar-refractivity contribution in [3.05, 3.63) is 23.9 Å². The third-order valence-electron chi connectivity index (χ3n) is 3.43. The summed E-state index contributed by atoms with van der Waals surface area (Å²) >= 11 is 0. The zero-order valence-corrected chi connectivity index (χ0v) is 10.5. The van der Waals surface area contributed by atoms with Crippen LogP contribution in [0.15, 0.2) is 18.3 Å². The normalized spacial score (nSPS) is 20.8. The molecule has 0 spiro atoms. The summed E-state index contributed by atoms with van der Waals surface area (Å²) in [5.74, 6) is 1.10. The zero-order valence-electron chi connectivity index (χ0n) is 10.5. The summed E-state index contributed by atoms with van der Waals surface area (Å²) in [6.07, 6.45) is 2.86. The van der Waals surface area contributed by atoms with Gasteiger partial charge in [0.2, 0.25) is 0 Å². The lowest BCUT2D eigenvalue weighted by Crippen LogP contribution is -2.09. The molecule has 1 fully saturated rings. The van der Waals surface area contributed by atoms with Crippen molar-refractivity contribution in [3.8, 4) is 0 Å². The molecule has 0 radical (unpaired) electrons. The van der Waals surface area contributed by atoms with Crippen LogP contribution in [-0.2, 0) is 4.74 Å². The fourth-order valence-corrected chi connectivity index (χ4v) is 1.92. The Labute approximate surface area is 101 Å². The number of hydrogen-bond acceptors (Lipinski definition) is 4. The highest BCUT2D eigenvalue weighted by Crippen LogP contribution is 2.51. The molecule has 0 amide bonds. The van der Waals surface area contributed by atoms with Crippen LogP contribution in [0.2, 0.25) is 0 Å². The smallest absolute Gasteiger partial charge is 0.338 e. The Balaban J connectivity index is 1.95. The van der Waals surface area contributed by atoms with E-state index in [1.54, 1.807) is 18.3 Å². The second-order valence-electron chi connectivity index (χ2n) is 5.19. The van der Waals surface area contributed by atoms with Gasteiger partial charge in [-0.2, -0.15) is 0 Å². The van der Waals surface area contributed by atoms with Gasteiger partial charge in [0, 0.05) is 12.7 Å². The molecule has 0 saturated heterocycles. The number of carbonyl (C=O) groups is 1. The Morgan fingerprint density at radius 2 is 2.35 bits per heavy atom. The molecule has 1 aliphatic carbocycles. The van der Waals surface area contributed by atoms with Crippen molar-refractivity contribution in [2.75, 3.05) is 19.0 Å². The van der Waals surface area contributed by atoms with Crippen molar-refractivity contribution in [3.63, 3.8) is 0 Å². The van der Waals surface area contributed by atoms with Crippen LogP contribution in [0.3, 0.4) is 0 Å². The summed E-state index contributed by atoms with van der Waals surface area (Å²) in [5.41, 5.74) is 0.979. The van der Waals surface area contributed by atoms with Gasteiger partial charge in [-0.3, -0.25) is 0 Å². The number of hydrogen-bond donors (Lipinski definition) is 1. The van der Waals surface area contributed by atoms with Crippen molar-refractivity contribution in [1.29, 1.82) is 0 Å². The van der Waals surface area contributed by atoms with E-state index in [1.807, 2.05) is 0 Å². The Kier molecular flexibility index (Phi) is 3.05. The fraction of sp³-hybridized carbons (Fsp3) is 0.538. The van der Waals surface area contributed by atoms with Crippen molar-refractivity contribution < 1.29 is 9.53 Å². The highest BCUT2D eigenvalue weighted by Gasteiger charge is 2.44. The molecule has 1 heterocycles. The molecule has 1 N–H and O–H groups in total. The number of ether oxygens (including phenoxy) is 1. The third-order valence-corrected chi connectivity index (χ3v) is 3.43. The molecule has 0 aromatic carbocycles. The van der Waals surface area contributed by atoms with Gasteiger partial charge in [-0.15, -0.1) is 0 Å². The lowest BCUT2D eigenvalue weighted by molar-refractivity contribution is 0.0600. The molecule has 1 aliphatic rings. The number of rotatable bonds is 4. The summed E-state index contributed by atoms with van der Waals surface area (Å²) in [6, 6.07) is 3.37. The van der Waals surface area contributed by atoms with Gasteiger partial charge >= 0.3 is 5.97 Å². The van der Waals surface area contributed by atoms with Gasteiger partial charge in [0.25, 0.3) is 0 Å². The molecule has 4 nitrogen and oxygen atoms in total. The average molecular weight is 234 g/mol. The van der Waals surface area contributed by atoms with E-state index >= 15 is 0 Å². The first-order valence-corrected chi connectivity index (χ1v) is 5.81. The summed E-state index contributed by atoms with van der Waals surface area (Å²) in [5, 5.41) is 3.26. The van der Waals surface area contributed by atoms with E-state index < -0.39 is 0 Å². The number of aromatic nitrogens is 1. The molecule has 0 bridgehead atoms. The van der Waals surface area contributed by atoms with Crippen molar-refractivity contribution in [1.82, 2.24) is 4.98 Å². The van der Waals surface area contributed by atoms with Gasteiger partial charge < -0.3 is 10.1 Å². The predicted molar refractivity (Wildman–Crippen MR) is 66.0 cm³/mol. The van der Waals surface area contributed by atoms with Gasteiger partial charge in [0.15, 0.2) is 0 Å². The minimum absolute atomic E-state index is 0.331. The second kappa shape index (κ2) is 4.35. The predicted octanol–water partition coefficient (Wildman–Crippen LogP) is 2.33. The lowest BCUT2D eigenvalue weighted by atomic mass is 10.1. The van der Waals surface area contributed by atoms with E-state index in [0.29, 0.717) is 16.9 Å². The summed E-state index contributed by atoms with van der Waals surface area (Å²) in [7, 11) is 1.38. The summed E-state index contributed by atoms with van der Waals surface area (Å²) in [6.45, 7) is 5.43. The van der Waals surface area contributed by atoms with Gasteiger partial charge in [-0.1, -0.05) is 13.8 Å². The zero-order chi connectivity index (χ0) is 12.5. The van der Waals surface area contributed by atoms with Crippen molar-refractivity contribution in [2.24, 2.45) is 11.3 Å². The van der Waals surface area contributed by atoms with E-state index in [0.717, 1.165) is 12.4 Å². The van der Waals surface area contributed by atoms with Crippen LogP contribution in [-0.4, -0.2) is 24.6 Å². The highest BCUT2D eigenvalue weighted by atomic mass is 16.5. The van der Waals surface area contributed by atoms with Crippen LogP contribution < -0.4 is 5.32 Å². The van der Waals surface area contributed by atoms with Gasteiger partial charge in [-0.25, -0.2) is 9.78 Å². The number of pyridine rings is 1. The number of esters is 1. The summed E-state index contributed by atoms with van der Waals surface area (Å²) in [4.78, 5) is 15.5. The Morgan fingerprint density at radius 1 is 1.65 bits per heavy atom. The minimum Gasteiger partial charge on any atom is -0.465 e.